The Morgan fingerprint density at radius 2 is 1.00 bits per heavy atom. The number of benzene rings is 8. The first kappa shape index (κ1) is 37.1. The van der Waals surface area contributed by atoms with Gasteiger partial charge in [-0.1, -0.05) is 157 Å². The number of hydrogen-bond acceptors (Lipinski definition) is 2. The Morgan fingerprint density at radius 3 is 1.63 bits per heavy atom. The Kier molecular flexibility index (Phi) is 6.79. The van der Waals surface area contributed by atoms with Crippen LogP contribution in [-0.2, 0) is 16.2 Å². The number of nitriles is 1. The molecule has 310 valence electrons. The van der Waals surface area contributed by atoms with Crippen LogP contribution in [0.1, 0.15) is 98.1 Å². The normalized spacial score (nSPS) is 20.4. The summed E-state index contributed by atoms with van der Waals surface area (Å²) in [4.78, 5) is 14.4. The van der Waals surface area contributed by atoms with Gasteiger partial charge in [-0.2, -0.15) is 5.26 Å². The molecule has 1 fully saturated rings. The van der Waals surface area contributed by atoms with Gasteiger partial charge >= 0.3 is 0 Å². The smallest absolute Gasteiger partial charge is 0.169 e. The molecule has 3 nitrogen and oxygen atoms in total. The molecule has 0 atom stereocenters. The standard InChI is InChI=1S/C62H46N2O/c1-59(2)48-24-13-14-25-49(48)60(3,4)56-54-47-27-34(36-22-15-23-43-41-19-10-9-18-39(41)37-16-7-8-17-38(37)40-20-11-12-21-42(40)53(36)43)26-45-44-29-50-46(58(65)62(6)32-61(50,5)33-62)30-51(44)64(57(45)47)52(54)28-35(31-63)55(56)59/h7-30H,32-33H2,1-6H3. The van der Waals surface area contributed by atoms with Crippen LogP contribution in [0.5, 0.6) is 0 Å². The zero-order valence-electron chi connectivity index (χ0n) is 37.6. The van der Waals surface area contributed by atoms with Crippen molar-refractivity contribution in [3.63, 3.8) is 0 Å². The fraction of sp³-hybridized carbons (Fsp3) is 0.194. The lowest BCUT2D eigenvalue weighted by Crippen LogP contribution is -2.55. The van der Waals surface area contributed by atoms with Crippen molar-refractivity contribution in [2.45, 2.75) is 70.6 Å². The van der Waals surface area contributed by atoms with E-state index in [-0.39, 0.29) is 16.6 Å². The number of carbonyl (C=O) groups is 1. The second-order valence-corrected chi connectivity index (χ2v) is 21.3. The van der Waals surface area contributed by atoms with Crippen LogP contribution in [0.4, 0.5) is 0 Å². The average Bonchev–Trinajstić information content (AvgIpc) is 3.81. The van der Waals surface area contributed by atoms with E-state index >= 15 is 0 Å². The Balaban J connectivity index is 1.17. The SMILES string of the molecule is CC12CC(C)(C1)c1cc3c4cc(-c5cccc6c5-c5ccccc5-c5ccccc5-c5ccccc5-6)cc5c6c7c(c(C#N)cc6n(c3cc1C2=O)c45)C(C)(C)c1ccccc1C7(C)C. The molecule has 5 aliphatic carbocycles. The molecular weight excluding hydrogens is 789 g/mol. The molecule has 5 aliphatic rings. The van der Waals surface area contributed by atoms with Crippen LogP contribution < -0.4 is 0 Å². The second kappa shape index (κ2) is 11.9. The number of Topliss-reactive ketones (excluding diaryl/α,β-unsaturated/α-hetero) is 1. The molecule has 8 aromatic carbocycles. The summed E-state index contributed by atoms with van der Waals surface area (Å²) in [5, 5.41) is 15.9. The maximum atomic E-state index is 14.4. The molecule has 1 saturated carbocycles. The third kappa shape index (κ3) is 4.39. The van der Waals surface area contributed by atoms with Crippen molar-refractivity contribution in [2.75, 3.05) is 0 Å². The van der Waals surface area contributed by atoms with Crippen LogP contribution >= 0.6 is 0 Å². The summed E-state index contributed by atoms with van der Waals surface area (Å²) in [6.07, 6.45) is 1.78. The van der Waals surface area contributed by atoms with Crippen molar-refractivity contribution < 1.29 is 4.79 Å². The van der Waals surface area contributed by atoms with E-state index in [1.165, 1.54) is 88.5 Å². The average molecular weight is 835 g/mol. The molecule has 15 rings (SSSR count). The van der Waals surface area contributed by atoms with E-state index in [0.717, 1.165) is 51.5 Å². The Labute approximate surface area is 378 Å². The maximum absolute atomic E-state index is 14.4. The molecule has 3 heteroatoms. The van der Waals surface area contributed by atoms with Gasteiger partial charge in [0.1, 0.15) is 0 Å². The zero-order chi connectivity index (χ0) is 44.1. The van der Waals surface area contributed by atoms with Crippen LogP contribution in [0.3, 0.4) is 0 Å². The molecule has 0 amide bonds. The van der Waals surface area contributed by atoms with Crippen molar-refractivity contribution in [1.82, 2.24) is 4.40 Å². The first-order chi connectivity index (χ1) is 31.3. The third-order valence-corrected chi connectivity index (χ3v) is 16.8. The van der Waals surface area contributed by atoms with E-state index in [4.69, 9.17) is 0 Å². The highest BCUT2D eigenvalue weighted by molar-refractivity contribution is 6.27. The fourth-order valence-corrected chi connectivity index (χ4v) is 14.3. The van der Waals surface area contributed by atoms with Crippen molar-refractivity contribution in [3.05, 3.63) is 185 Å². The van der Waals surface area contributed by atoms with Crippen LogP contribution in [0, 0.1) is 16.7 Å². The van der Waals surface area contributed by atoms with Crippen molar-refractivity contribution in [1.29, 1.82) is 5.26 Å². The highest BCUT2D eigenvalue weighted by Gasteiger charge is 2.59. The molecule has 0 spiro atoms. The van der Waals surface area contributed by atoms with E-state index in [2.05, 4.69) is 198 Å². The van der Waals surface area contributed by atoms with Crippen molar-refractivity contribution in [2.24, 2.45) is 5.41 Å². The lowest BCUT2D eigenvalue weighted by Gasteiger charge is -2.57. The molecule has 0 aliphatic heterocycles. The number of nitrogens with zero attached hydrogens (tertiary/aromatic N) is 2. The minimum Gasteiger partial charge on any atom is -0.308 e. The molecule has 0 N–H and O–H groups in total. The molecule has 0 saturated heterocycles. The van der Waals surface area contributed by atoms with Crippen LogP contribution in [0.25, 0.3) is 93.7 Å². The number of fused-ring (bicyclic) bond motifs is 17. The predicted octanol–water partition coefficient (Wildman–Crippen LogP) is 15.6. The summed E-state index contributed by atoms with van der Waals surface area (Å²) < 4.78 is 2.42. The first-order valence-corrected chi connectivity index (χ1v) is 23.2. The van der Waals surface area contributed by atoms with Gasteiger partial charge in [-0.15, -0.1) is 0 Å². The Hall–Kier alpha value is -7.28. The minimum absolute atomic E-state index is 0.0399. The van der Waals surface area contributed by atoms with Gasteiger partial charge in [0.2, 0.25) is 0 Å². The second-order valence-electron chi connectivity index (χ2n) is 21.3. The van der Waals surface area contributed by atoms with E-state index in [1.54, 1.807) is 0 Å². The zero-order valence-corrected chi connectivity index (χ0v) is 37.6. The van der Waals surface area contributed by atoms with Gasteiger partial charge < -0.3 is 4.40 Å². The van der Waals surface area contributed by atoms with Crippen LogP contribution in [0.15, 0.2) is 146 Å². The summed E-state index contributed by atoms with van der Waals surface area (Å²) >= 11 is 0. The van der Waals surface area contributed by atoms with Gasteiger partial charge in [-0.3, -0.25) is 4.79 Å². The van der Waals surface area contributed by atoms with E-state index in [9.17, 15) is 10.1 Å². The van der Waals surface area contributed by atoms with E-state index < -0.39 is 10.8 Å². The van der Waals surface area contributed by atoms with Crippen LogP contribution in [0.2, 0.25) is 0 Å². The number of aromatic nitrogens is 1. The van der Waals surface area contributed by atoms with Crippen molar-refractivity contribution in [3.8, 4) is 61.7 Å². The Morgan fingerprint density at radius 1 is 0.477 bits per heavy atom. The third-order valence-electron chi connectivity index (χ3n) is 16.8. The maximum Gasteiger partial charge on any atom is 0.169 e. The van der Waals surface area contributed by atoms with Gasteiger partial charge in [-0.05, 0) is 132 Å². The predicted molar refractivity (Wildman–Crippen MR) is 266 cm³/mol. The number of hydrogen-bond donors (Lipinski definition) is 0. The highest BCUT2D eigenvalue weighted by Crippen LogP contribution is 2.63. The molecule has 2 heterocycles. The molecule has 65 heavy (non-hydrogen) atoms. The van der Waals surface area contributed by atoms with E-state index in [0.29, 0.717) is 5.56 Å². The van der Waals surface area contributed by atoms with Gasteiger partial charge in [0.15, 0.2) is 5.78 Å². The molecule has 0 radical (unpaired) electrons. The summed E-state index contributed by atoms with van der Waals surface area (Å²) in [5.74, 6) is 0.265. The summed E-state index contributed by atoms with van der Waals surface area (Å²) in [5.41, 5.74) is 21.8. The monoisotopic (exact) mass is 834 g/mol. The van der Waals surface area contributed by atoms with Gasteiger partial charge in [0.25, 0.3) is 0 Å². The first-order valence-electron chi connectivity index (χ1n) is 23.2. The fourth-order valence-electron chi connectivity index (χ4n) is 14.3. The lowest BCUT2D eigenvalue weighted by molar-refractivity contribution is 0.0280. The summed E-state index contributed by atoms with van der Waals surface area (Å²) in [7, 11) is 0. The van der Waals surface area contributed by atoms with Crippen molar-refractivity contribution >= 4 is 43.9 Å². The highest BCUT2D eigenvalue weighted by atomic mass is 16.1. The molecule has 2 aromatic heterocycles. The van der Waals surface area contributed by atoms with Crippen LogP contribution in [-0.4, -0.2) is 10.2 Å². The minimum atomic E-state index is -0.419. The Bertz CT molecular complexity index is 3890. The number of rotatable bonds is 1. The topological polar surface area (TPSA) is 45.3 Å². The largest absolute Gasteiger partial charge is 0.308 e. The van der Waals surface area contributed by atoms with Gasteiger partial charge in [0, 0.05) is 43.4 Å². The summed E-state index contributed by atoms with van der Waals surface area (Å²) in [6, 6.07) is 56.8. The molecule has 10 aromatic rings. The quantitative estimate of drug-likeness (QED) is 0.165. The van der Waals surface area contributed by atoms with Gasteiger partial charge in [-0.25, -0.2) is 0 Å². The van der Waals surface area contributed by atoms with Gasteiger partial charge in [0.05, 0.1) is 28.2 Å². The summed E-state index contributed by atoms with van der Waals surface area (Å²) in [6.45, 7) is 13.8. The molecule has 2 bridgehead atoms. The van der Waals surface area contributed by atoms with E-state index in [1.807, 2.05) is 0 Å². The molecule has 0 unspecified atom stereocenters. The lowest BCUT2D eigenvalue weighted by atomic mass is 9.45. The number of ketones is 1. The molecular formula is C62H46N2O. The number of carbonyl (C=O) groups excluding carboxylic acids is 1.